The molecular formula is C14H25F3N2O. The SMILES string of the molecule is CCN1CCC[C@@](O)(CN2CCC[C@@H](C(F)(F)F)C2)C1. The number of halogens is 3. The van der Waals surface area contributed by atoms with Gasteiger partial charge in [-0.15, -0.1) is 0 Å². The molecule has 0 radical (unpaired) electrons. The molecule has 2 saturated heterocycles. The van der Waals surface area contributed by atoms with Crippen LogP contribution in [0, 0.1) is 5.92 Å². The second-order valence-corrected chi connectivity index (χ2v) is 6.31. The average molecular weight is 294 g/mol. The molecule has 2 rings (SSSR count). The Morgan fingerprint density at radius 1 is 1.20 bits per heavy atom. The smallest absolute Gasteiger partial charge is 0.387 e. The van der Waals surface area contributed by atoms with Crippen molar-refractivity contribution < 1.29 is 18.3 Å². The van der Waals surface area contributed by atoms with Gasteiger partial charge in [-0.1, -0.05) is 6.92 Å². The number of β-amino-alcohol motifs (C(OH)–C–C–N with tert-alkyl or cyclic N) is 1. The van der Waals surface area contributed by atoms with Gasteiger partial charge in [-0.25, -0.2) is 0 Å². The molecule has 0 aromatic carbocycles. The highest BCUT2D eigenvalue weighted by Gasteiger charge is 2.43. The van der Waals surface area contributed by atoms with Gasteiger partial charge >= 0.3 is 6.18 Å². The van der Waals surface area contributed by atoms with E-state index in [1.54, 1.807) is 4.90 Å². The lowest BCUT2D eigenvalue weighted by Crippen LogP contribution is -2.56. The highest BCUT2D eigenvalue weighted by atomic mass is 19.4. The van der Waals surface area contributed by atoms with Gasteiger partial charge in [0.25, 0.3) is 0 Å². The summed E-state index contributed by atoms with van der Waals surface area (Å²) in [6.45, 7) is 5.56. The minimum atomic E-state index is -4.11. The molecule has 2 heterocycles. The van der Waals surface area contributed by atoms with Crippen LogP contribution < -0.4 is 0 Å². The van der Waals surface area contributed by atoms with Crippen molar-refractivity contribution in [2.75, 3.05) is 39.3 Å². The number of likely N-dealkylation sites (tertiary alicyclic amines) is 2. The number of nitrogens with zero attached hydrogens (tertiary/aromatic N) is 2. The summed E-state index contributed by atoms with van der Waals surface area (Å²) in [4.78, 5) is 3.98. The van der Waals surface area contributed by atoms with Crippen molar-refractivity contribution in [3.8, 4) is 0 Å². The molecule has 6 heteroatoms. The van der Waals surface area contributed by atoms with Crippen LogP contribution >= 0.6 is 0 Å². The molecule has 0 amide bonds. The lowest BCUT2D eigenvalue weighted by Gasteiger charge is -2.43. The maximum atomic E-state index is 12.8. The monoisotopic (exact) mass is 294 g/mol. The minimum Gasteiger partial charge on any atom is -0.387 e. The topological polar surface area (TPSA) is 26.7 Å². The molecular weight excluding hydrogens is 269 g/mol. The molecule has 0 aromatic rings. The van der Waals surface area contributed by atoms with Crippen molar-refractivity contribution in [3.05, 3.63) is 0 Å². The van der Waals surface area contributed by atoms with Crippen LogP contribution in [-0.2, 0) is 0 Å². The lowest BCUT2D eigenvalue weighted by atomic mass is 9.90. The number of rotatable bonds is 3. The third kappa shape index (κ3) is 4.09. The van der Waals surface area contributed by atoms with Crippen molar-refractivity contribution >= 4 is 0 Å². The average Bonchev–Trinajstić information content (AvgIpc) is 2.37. The molecule has 0 aromatic heterocycles. The maximum Gasteiger partial charge on any atom is 0.393 e. The van der Waals surface area contributed by atoms with Crippen LogP contribution in [0.2, 0.25) is 0 Å². The molecule has 20 heavy (non-hydrogen) atoms. The number of hydrogen-bond donors (Lipinski definition) is 1. The molecule has 2 atom stereocenters. The van der Waals surface area contributed by atoms with Crippen molar-refractivity contribution in [1.29, 1.82) is 0 Å². The summed E-state index contributed by atoms with van der Waals surface area (Å²) in [5, 5.41) is 10.6. The van der Waals surface area contributed by atoms with Gasteiger partial charge in [0.2, 0.25) is 0 Å². The molecule has 0 saturated carbocycles. The van der Waals surface area contributed by atoms with Crippen molar-refractivity contribution in [2.45, 2.75) is 44.4 Å². The van der Waals surface area contributed by atoms with Crippen molar-refractivity contribution in [2.24, 2.45) is 5.92 Å². The highest BCUT2D eigenvalue weighted by Crippen LogP contribution is 2.34. The fourth-order valence-electron chi connectivity index (χ4n) is 3.49. The molecule has 118 valence electrons. The van der Waals surface area contributed by atoms with E-state index in [9.17, 15) is 18.3 Å². The molecule has 2 fully saturated rings. The Labute approximate surface area is 118 Å². The van der Waals surface area contributed by atoms with Crippen LogP contribution in [0.1, 0.15) is 32.6 Å². The summed E-state index contributed by atoms with van der Waals surface area (Å²) in [5.41, 5.74) is -0.845. The summed E-state index contributed by atoms with van der Waals surface area (Å²) < 4.78 is 38.4. The van der Waals surface area contributed by atoms with E-state index in [4.69, 9.17) is 0 Å². The Balaban J connectivity index is 1.91. The minimum absolute atomic E-state index is 0.0396. The van der Waals surface area contributed by atoms with Gasteiger partial charge in [0.15, 0.2) is 0 Å². The molecule has 2 aliphatic heterocycles. The van der Waals surface area contributed by atoms with Crippen LogP contribution in [0.4, 0.5) is 13.2 Å². The first-order valence-electron chi connectivity index (χ1n) is 7.56. The van der Waals surface area contributed by atoms with Crippen LogP contribution in [0.3, 0.4) is 0 Å². The number of hydrogen-bond acceptors (Lipinski definition) is 3. The Hall–Kier alpha value is -0.330. The van der Waals surface area contributed by atoms with Crippen LogP contribution in [0.15, 0.2) is 0 Å². The van der Waals surface area contributed by atoms with Crippen LogP contribution in [-0.4, -0.2) is 66.0 Å². The fraction of sp³-hybridized carbons (Fsp3) is 1.00. The van der Waals surface area contributed by atoms with E-state index in [-0.39, 0.29) is 13.0 Å². The van der Waals surface area contributed by atoms with E-state index in [1.807, 2.05) is 6.92 Å². The van der Waals surface area contributed by atoms with Gasteiger partial charge in [0.05, 0.1) is 11.5 Å². The standard InChI is InChI=1S/C14H25F3N2O/c1-2-18-8-4-6-13(20,10-18)11-19-7-3-5-12(9-19)14(15,16)17/h12,20H,2-11H2,1H3/t12-,13+/m1/s1. The molecule has 3 nitrogen and oxygen atoms in total. The Kier molecular flexibility index (Phi) is 4.97. The molecule has 2 aliphatic rings. The molecule has 0 aliphatic carbocycles. The van der Waals surface area contributed by atoms with Gasteiger partial charge < -0.3 is 10.0 Å². The Morgan fingerprint density at radius 2 is 1.90 bits per heavy atom. The maximum absolute atomic E-state index is 12.8. The highest BCUT2D eigenvalue weighted by molar-refractivity contribution is 4.91. The van der Waals surface area contributed by atoms with E-state index in [0.29, 0.717) is 32.5 Å². The third-order valence-corrected chi connectivity index (χ3v) is 4.57. The normalized spacial score (nSPS) is 34.4. The molecule has 0 spiro atoms. The van der Waals surface area contributed by atoms with E-state index in [0.717, 1.165) is 19.5 Å². The van der Waals surface area contributed by atoms with Gasteiger partial charge in [0.1, 0.15) is 0 Å². The van der Waals surface area contributed by atoms with E-state index < -0.39 is 17.7 Å². The van der Waals surface area contributed by atoms with Gasteiger partial charge in [-0.2, -0.15) is 13.2 Å². The fourth-order valence-corrected chi connectivity index (χ4v) is 3.49. The Bertz CT molecular complexity index is 324. The first-order chi connectivity index (χ1) is 9.32. The second kappa shape index (κ2) is 6.20. The zero-order valence-electron chi connectivity index (χ0n) is 12.1. The van der Waals surface area contributed by atoms with Crippen molar-refractivity contribution in [3.63, 3.8) is 0 Å². The lowest BCUT2D eigenvalue weighted by molar-refractivity contribution is -0.189. The summed E-state index contributed by atoms with van der Waals surface area (Å²) in [7, 11) is 0. The van der Waals surface area contributed by atoms with Gasteiger partial charge in [-0.05, 0) is 45.3 Å². The van der Waals surface area contributed by atoms with E-state index >= 15 is 0 Å². The van der Waals surface area contributed by atoms with E-state index in [1.165, 1.54) is 0 Å². The van der Waals surface area contributed by atoms with Gasteiger partial charge in [0, 0.05) is 19.6 Å². The number of aliphatic hydroxyl groups is 1. The summed E-state index contributed by atoms with van der Waals surface area (Å²) in [5.74, 6) is -1.23. The zero-order chi connectivity index (χ0) is 14.8. The van der Waals surface area contributed by atoms with Gasteiger partial charge in [-0.3, -0.25) is 4.90 Å². The predicted molar refractivity (Wildman–Crippen MR) is 71.5 cm³/mol. The van der Waals surface area contributed by atoms with Crippen LogP contribution in [0.25, 0.3) is 0 Å². The third-order valence-electron chi connectivity index (χ3n) is 4.57. The summed E-state index contributed by atoms with van der Waals surface area (Å²) in [6, 6.07) is 0. The first-order valence-corrected chi connectivity index (χ1v) is 7.56. The number of alkyl halides is 3. The molecule has 0 bridgehead atoms. The van der Waals surface area contributed by atoms with Crippen LogP contribution in [0.5, 0.6) is 0 Å². The quantitative estimate of drug-likeness (QED) is 0.863. The first kappa shape index (κ1) is 16.0. The van der Waals surface area contributed by atoms with Crippen molar-refractivity contribution in [1.82, 2.24) is 9.80 Å². The number of piperidine rings is 2. The largest absolute Gasteiger partial charge is 0.393 e. The predicted octanol–water partition coefficient (Wildman–Crippen LogP) is 2.11. The summed E-state index contributed by atoms with van der Waals surface area (Å²) >= 11 is 0. The Morgan fingerprint density at radius 3 is 2.55 bits per heavy atom. The number of likely N-dealkylation sites (N-methyl/N-ethyl adjacent to an activating group) is 1. The second-order valence-electron chi connectivity index (χ2n) is 6.31. The zero-order valence-corrected chi connectivity index (χ0v) is 12.1. The molecule has 1 N–H and O–H groups in total. The van der Waals surface area contributed by atoms with E-state index in [2.05, 4.69) is 4.90 Å². The summed E-state index contributed by atoms with van der Waals surface area (Å²) in [6.07, 6.45) is -1.71. The molecule has 0 unspecified atom stereocenters.